The maximum absolute atomic E-state index is 12.6. The van der Waals surface area contributed by atoms with Crippen LogP contribution in [0.5, 0.6) is 0 Å². The summed E-state index contributed by atoms with van der Waals surface area (Å²) in [6, 6.07) is -0.0771. The van der Waals surface area contributed by atoms with Gasteiger partial charge in [-0.25, -0.2) is 0 Å². The molecule has 1 rings (SSSR count). The molecule has 0 bridgehead atoms. The van der Waals surface area contributed by atoms with Crippen LogP contribution in [0.15, 0.2) is 0 Å². The highest BCUT2D eigenvalue weighted by molar-refractivity contribution is 7.84. The molecule has 17 heavy (non-hydrogen) atoms. The van der Waals surface area contributed by atoms with E-state index in [0.717, 1.165) is 6.42 Å². The molecule has 1 aliphatic carbocycles. The highest BCUT2D eigenvalue weighted by Gasteiger charge is 2.42. The quantitative estimate of drug-likeness (QED) is 0.851. The predicted octanol–water partition coefficient (Wildman–Crippen LogP) is 2.46. The Morgan fingerprint density at radius 1 is 1.41 bits per heavy atom. The van der Waals surface area contributed by atoms with E-state index in [-0.39, 0.29) is 24.9 Å². The van der Waals surface area contributed by atoms with E-state index < -0.39 is 22.9 Å². The average Bonchev–Trinajstić information content (AvgIpc) is 2.15. The number of alkyl halides is 3. The summed E-state index contributed by atoms with van der Waals surface area (Å²) in [5, 5.41) is 3.16. The Morgan fingerprint density at radius 2 is 2.06 bits per heavy atom. The summed E-state index contributed by atoms with van der Waals surface area (Å²) in [6.07, 6.45) is -0.661. The average molecular weight is 271 g/mol. The van der Waals surface area contributed by atoms with Crippen LogP contribution in [0.4, 0.5) is 13.2 Å². The second-order valence-electron chi connectivity index (χ2n) is 4.91. The van der Waals surface area contributed by atoms with Crippen molar-refractivity contribution in [2.24, 2.45) is 5.92 Å². The minimum absolute atomic E-state index is 0.0119. The lowest BCUT2D eigenvalue weighted by Gasteiger charge is -2.32. The Labute approximate surface area is 103 Å². The maximum atomic E-state index is 12.6. The zero-order chi connectivity index (χ0) is 13.1. The van der Waals surface area contributed by atoms with E-state index in [0.29, 0.717) is 12.2 Å². The largest absolute Gasteiger partial charge is 0.391 e. The fourth-order valence-corrected chi connectivity index (χ4v) is 3.24. The van der Waals surface area contributed by atoms with Gasteiger partial charge in [0.15, 0.2) is 0 Å². The van der Waals surface area contributed by atoms with Crippen LogP contribution >= 0.6 is 0 Å². The fraction of sp³-hybridized carbons (Fsp3) is 1.00. The molecule has 0 radical (unpaired) electrons. The molecule has 4 unspecified atom stereocenters. The summed E-state index contributed by atoms with van der Waals surface area (Å²) in [5.74, 6) is -0.680. The van der Waals surface area contributed by atoms with Crippen LogP contribution in [0.3, 0.4) is 0 Å². The summed E-state index contributed by atoms with van der Waals surface area (Å²) in [7, 11) is -0.911. The molecule has 0 aromatic carbocycles. The molecule has 1 fully saturated rings. The molecule has 0 amide bonds. The monoisotopic (exact) mass is 271 g/mol. The third kappa shape index (κ3) is 5.38. The number of hydrogen-bond acceptors (Lipinski definition) is 2. The van der Waals surface area contributed by atoms with Gasteiger partial charge in [-0.3, -0.25) is 4.21 Å². The van der Waals surface area contributed by atoms with E-state index in [1.165, 1.54) is 0 Å². The first-order valence-corrected chi connectivity index (χ1v) is 7.64. The topological polar surface area (TPSA) is 29.1 Å². The van der Waals surface area contributed by atoms with Gasteiger partial charge in [0.2, 0.25) is 0 Å². The third-order valence-electron chi connectivity index (χ3n) is 3.14. The second-order valence-corrected chi connectivity index (χ2v) is 6.39. The zero-order valence-electron chi connectivity index (χ0n) is 10.2. The second kappa shape index (κ2) is 6.18. The molecule has 0 aromatic rings. The molecule has 0 heterocycles. The van der Waals surface area contributed by atoms with Gasteiger partial charge in [-0.15, -0.1) is 0 Å². The van der Waals surface area contributed by atoms with Crippen molar-refractivity contribution in [2.45, 2.75) is 50.9 Å². The van der Waals surface area contributed by atoms with Gasteiger partial charge in [-0.2, -0.15) is 13.2 Å². The minimum Gasteiger partial charge on any atom is -0.311 e. The van der Waals surface area contributed by atoms with Gasteiger partial charge in [-0.1, -0.05) is 6.42 Å². The summed E-state index contributed by atoms with van der Waals surface area (Å²) >= 11 is 0. The first-order valence-electron chi connectivity index (χ1n) is 5.92. The van der Waals surface area contributed by atoms with Crippen LogP contribution in [0.25, 0.3) is 0 Å². The number of hydrogen-bond donors (Lipinski definition) is 1. The van der Waals surface area contributed by atoms with Crippen molar-refractivity contribution >= 4 is 10.8 Å². The summed E-state index contributed by atoms with van der Waals surface area (Å²) in [4.78, 5) is 0. The lowest BCUT2D eigenvalue weighted by atomic mass is 9.85. The molecule has 2 nitrogen and oxygen atoms in total. The fourth-order valence-electron chi connectivity index (χ4n) is 2.44. The van der Waals surface area contributed by atoms with E-state index >= 15 is 0 Å². The predicted molar refractivity (Wildman–Crippen MR) is 63.3 cm³/mol. The standard InChI is InChI=1S/C11H20F3NOS/c1-8(7-17(2)16)15-10-5-3-4-9(6-10)11(12,13)14/h8-10,15H,3-7H2,1-2H3. The van der Waals surface area contributed by atoms with E-state index in [4.69, 9.17) is 0 Å². The maximum Gasteiger partial charge on any atom is 0.391 e. The molecule has 102 valence electrons. The third-order valence-corrected chi connectivity index (χ3v) is 4.11. The molecule has 0 aromatic heterocycles. The van der Waals surface area contributed by atoms with Crippen molar-refractivity contribution in [3.8, 4) is 0 Å². The molecule has 1 aliphatic rings. The van der Waals surface area contributed by atoms with Crippen LogP contribution < -0.4 is 5.32 Å². The molecule has 4 atom stereocenters. The summed E-state index contributed by atoms with van der Waals surface area (Å²) in [6.45, 7) is 1.87. The normalized spacial score (nSPS) is 29.9. The molecule has 1 N–H and O–H groups in total. The SMILES string of the molecule is CC(CS(C)=O)NC1CCCC(C(F)(F)F)C1. The molecule has 0 spiro atoms. The van der Waals surface area contributed by atoms with Gasteiger partial charge in [0.1, 0.15) is 0 Å². The molecule has 6 heteroatoms. The van der Waals surface area contributed by atoms with Crippen molar-refractivity contribution in [2.75, 3.05) is 12.0 Å². The zero-order valence-corrected chi connectivity index (χ0v) is 11.0. The van der Waals surface area contributed by atoms with Crippen molar-refractivity contribution in [3.63, 3.8) is 0 Å². The molecular formula is C11H20F3NOS. The molecule has 0 saturated heterocycles. The highest BCUT2D eigenvalue weighted by atomic mass is 32.2. The first kappa shape index (κ1) is 15.0. The van der Waals surface area contributed by atoms with Crippen LogP contribution in [-0.2, 0) is 10.8 Å². The number of nitrogens with one attached hydrogen (secondary N) is 1. The van der Waals surface area contributed by atoms with Crippen molar-refractivity contribution in [1.82, 2.24) is 5.32 Å². The number of halogens is 3. The first-order chi connectivity index (χ1) is 7.79. The van der Waals surface area contributed by atoms with E-state index in [1.807, 2.05) is 6.92 Å². The van der Waals surface area contributed by atoms with Crippen molar-refractivity contribution < 1.29 is 17.4 Å². The lowest BCUT2D eigenvalue weighted by molar-refractivity contribution is -0.183. The Morgan fingerprint density at radius 3 is 2.59 bits per heavy atom. The van der Waals surface area contributed by atoms with E-state index in [2.05, 4.69) is 5.32 Å². The number of rotatable bonds is 4. The van der Waals surface area contributed by atoms with Crippen LogP contribution in [0.1, 0.15) is 32.6 Å². The smallest absolute Gasteiger partial charge is 0.311 e. The Hall–Kier alpha value is -0.100. The van der Waals surface area contributed by atoms with Gasteiger partial charge in [0, 0.05) is 34.9 Å². The summed E-state index contributed by atoms with van der Waals surface area (Å²) in [5.41, 5.74) is 0. The van der Waals surface area contributed by atoms with Gasteiger partial charge in [-0.05, 0) is 26.2 Å². The van der Waals surface area contributed by atoms with Crippen molar-refractivity contribution in [3.05, 3.63) is 0 Å². The molecule has 0 aliphatic heterocycles. The van der Waals surface area contributed by atoms with Gasteiger partial charge < -0.3 is 5.32 Å². The summed E-state index contributed by atoms with van der Waals surface area (Å²) < 4.78 is 48.8. The lowest BCUT2D eigenvalue weighted by Crippen LogP contribution is -2.44. The Kier molecular flexibility index (Phi) is 5.44. The van der Waals surface area contributed by atoms with Crippen LogP contribution in [0, 0.1) is 5.92 Å². The Balaban J connectivity index is 2.42. The van der Waals surface area contributed by atoms with Gasteiger partial charge in [0.05, 0.1) is 5.92 Å². The molecular weight excluding hydrogens is 251 g/mol. The minimum atomic E-state index is -4.07. The van der Waals surface area contributed by atoms with Crippen LogP contribution in [-0.4, -0.2) is 34.5 Å². The van der Waals surface area contributed by atoms with Crippen LogP contribution in [0.2, 0.25) is 0 Å². The van der Waals surface area contributed by atoms with Crippen molar-refractivity contribution in [1.29, 1.82) is 0 Å². The van der Waals surface area contributed by atoms with E-state index in [9.17, 15) is 17.4 Å². The molecule has 1 saturated carbocycles. The Bertz CT molecular complexity index is 270. The highest BCUT2D eigenvalue weighted by Crippen LogP contribution is 2.37. The van der Waals surface area contributed by atoms with E-state index in [1.54, 1.807) is 6.26 Å². The van der Waals surface area contributed by atoms with Gasteiger partial charge in [0.25, 0.3) is 0 Å². The van der Waals surface area contributed by atoms with Gasteiger partial charge >= 0.3 is 6.18 Å².